The molecule has 1 N–H and O–H groups in total. The van der Waals surface area contributed by atoms with Gasteiger partial charge in [-0.1, -0.05) is 13.0 Å². The van der Waals surface area contributed by atoms with E-state index in [2.05, 4.69) is 5.32 Å². The van der Waals surface area contributed by atoms with E-state index in [0.29, 0.717) is 28.6 Å². The zero-order valence-corrected chi connectivity index (χ0v) is 15.8. The van der Waals surface area contributed by atoms with Crippen molar-refractivity contribution in [1.82, 2.24) is 5.32 Å². The fourth-order valence-corrected chi connectivity index (χ4v) is 2.67. The summed E-state index contributed by atoms with van der Waals surface area (Å²) < 4.78 is 21.1. The predicted octanol–water partition coefficient (Wildman–Crippen LogP) is 3.60. The molecule has 0 aliphatic rings. The van der Waals surface area contributed by atoms with Gasteiger partial charge in [-0.15, -0.1) is 0 Å². The van der Waals surface area contributed by atoms with Gasteiger partial charge >= 0.3 is 0 Å². The van der Waals surface area contributed by atoms with Gasteiger partial charge in [0.15, 0.2) is 11.5 Å². The van der Waals surface area contributed by atoms with Crippen LogP contribution in [0.4, 0.5) is 0 Å². The number of carbonyl (C=O) groups excluding carboxylic acids is 1. The summed E-state index contributed by atoms with van der Waals surface area (Å²) in [7, 11) is 6.28. The van der Waals surface area contributed by atoms with Crippen LogP contribution in [0.15, 0.2) is 36.4 Å². The van der Waals surface area contributed by atoms with Crippen LogP contribution in [-0.4, -0.2) is 34.3 Å². The lowest BCUT2D eigenvalue weighted by Gasteiger charge is -2.19. The van der Waals surface area contributed by atoms with Gasteiger partial charge in [0.05, 0.1) is 34.5 Å². The molecular formula is C20H25NO5. The Morgan fingerprint density at radius 2 is 1.50 bits per heavy atom. The molecule has 1 atom stereocenters. The van der Waals surface area contributed by atoms with Crippen LogP contribution in [0.25, 0.3) is 0 Å². The third-order valence-corrected chi connectivity index (χ3v) is 4.14. The minimum absolute atomic E-state index is 0.167. The highest BCUT2D eigenvalue weighted by atomic mass is 16.5. The lowest BCUT2D eigenvalue weighted by atomic mass is 10.0. The van der Waals surface area contributed by atoms with Crippen LogP contribution in [0, 0.1) is 0 Å². The molecule has 0 aliphatic heterocycles. The van der Waals surface area contributed by atoms with Gasteiger partial charge in [-0.2, -0.15) is 0 Å². The van der Waals surface area contributed by atoms with Crippen molar-refractivity contribution in [3.05, 3.63) is 47.5 Å². The van der Waals surface area contributed by atoms with Crippen molar-refractivity contribution in [3.63, 3.8) is 0 Å². The van der Waals surface area contributed by atoms with Crippen LogP contribution in [0.3, 0.4) is 0 Å². The molecule has 0 saturated carbocycles. The molecule has 0 bridgehead atoms. The zero-order valence-electron chi connectivity index (χ0n) is 15.8. The van der Waals surface area contributed by atoms with Crippen molar-refractivity contribution >= 4 is 5.91 Å². The highest BCUT2D eigenvalue weighted by Gasteiger charge is 2.17. The maximum atomic E-state index is 12.7. The number of carbonyl (C=O) groups is 1. The normalized spacial score (nSPS) is 11.4. The monoisotopic (exact) mass is 359 g/mol. The van der Waals surface area contributed by atoms with Gasteiger partial charge in [0, 0.05) is 11.6 Å². The first-order chi connectivity index (χ1) is 12.6. The van der Waals surface area contributed by atoms with E-state index in [1.54, 1.807) is 46.6 Å². The molecule has 140 valence electrons. The van der Waals surface area contributed by atoms with Crippen LogP contribution in [0.5, 0.6) is 23.0 Å². The topological polar surface area (TPSA) is 66.0 Å². The van der Waals surface area contributed by atoms with Crippen molar-refractivity contribution in [2.24, 2.45) is 0 Å². The van der Waals surface area contributed by atoms with Crippen LogP contribution >= 0.6 is 0 Å². The molecule has 1 unspecified atom stereocenters. The molecule has 6 heteroatoms. The predicted molar refractivity (Wildman–Crippen MR) is 99.6 cm³/mol. The highest BCUT2D eigenvalue weighted by Crippen LogP contribution is 2.31. The third-order valence-electron chi connectivity index (χ3n) is 4.14. The molecule has 0 radical (unpaired) electrons. The second kappa shape index (κ2) is 8.99. The van der Waals surface area contributed by atoms with Gasteiger partial charge in [0.25, 0.3) is 5.91 Å². The van der Waals surface area contributed by atoms with Crippen molar-refractivity contribution in [1.29, 1.82) is 0 Å². The largest absolute Gasteiger partial charge is 0.497 e. The molecular weight excluding hydrogens is 334 g/mol. The second-order valence-corrected chi connectivity index (χ2v) is 5.65. The van der Waals surface area contributed by atoms with Gasteiger partial charge in [-0.25, -0.2) is 0 Å². The number of ether oxygens (including phenoxy) is 4. The Labute approximate surface area is 154 Å². The SMILES string of the molecule is CCC(NC(=O)c1cc(OC)cc(OC)c1)c1ccc(OC)c(OC)c1. The smallest absolute Gasteiger partial charge is 0.252 e. The first kappa shape index (κ1) is 19.4. The van der Waals surface area contributed by atoms with E-state index in [1.807, 2.05) is 25.1 Å². The van der Waals surface area contributed by atoms with E-state index in [9.17, 15) is 4.79 Å². The Bertz CT molecular complexity index is 738. The van der Waals surface area contributed by atoms with Crippen LogP contribution in [-0.2, 0) is 0 Å². The molecule has 0 saturated heterocycles. The summed E-state index contributed by atoms with van der Waals surface area (Å²) in [5.41, 5.74) is 1.41. The fraction of sp³-hybridized carbons (Fsp3) is 0.350. The Hall–Kier alpha value is -2.89. The minimum atomic E-state index is -0.205. The molecule has 0 heterocycles. The summed E-state index contributed by atoms with van der Waals surface area (Å²) >= 11 is 0. The Morgan fingerprint density at radius 1 is 0.885 bits per heavy atom. The first-order valence-corrected chi connectivity index (χ1v) is 8.32. The van der Waals surface area contributed by atoms with Gasteiger partial charge in [-0.3, -0.25) is 4.79 Å². The summed E-state index contributed by atoms with van der Waals surface area (Å²) in [6.45, 7) is 2.01. The van der Waals surface area contributed by atoms with Gasteiger partial charge in [0.2, 0.25) is 0 Å². The van der Waals surface area contributed by atoms with E-state index in [-0.39, 0.29) is 11.9 Å². The quantitative estimate of drug-likeness (QED) is 0.780. The molecule has 0 fully saturated rings. The number of nitrogens with one attached hydrogen (secondary N) is 1. The molecule has 2 aromatic carbocycles. The number of amides is 1. The number of hydrogen-bond acceptors (Lipinski definition) is 5. The van der Waals surface area contributed by atoms with E-state index in [1.165, 1.54) is 0 Å². The first-order valence-electron chi connectivity index (χ1n) is 8.32. The van der Waals surface area contributed by atoms with Gasteiger partial charge in [0.1, 0.15) is 11.5 Å². The maximum Gasteiger partial charge on any atom is 0.252 e. The average Bonchev–Trinajstić information content (AvgIpc) is 2.70. The molecule has 0 aromatic heterocycles. The van der Waals surface area contributed by atoms with E-state index < -0.39 is 0 Å². The van der Waals surface area contributed by atoms with Gasteiger partial charge in [-0.05, 0) is 36.2 Å². The Morgan fingerprint density at radius 3 is 2.00 bits per heavy atom. The van der Waals surface area contributed by atoms with E-state index in [0.717, 1.165) is 12.0 Å². The average molecular weight is 359 g/mol. The van der Waals surface area contributed by atoms with Crippen LogP contribution in [0.2, 0.25) is 0 Å². The van der Waals surface area contributed by atoms with Crippen LogP contribution < -0.4 is 24.3 Å². The standard InChI is InChI=1S/C20H25NO5/c1-6-17(13-7-8-18(25-4)19(11-13)26-5)21-20(22)14-9-15(23-2)12-16(10-14)24-3/h7-12,17H,6H2,1-5H3,(H,21,22). The molecule has 2 rings (SSSR count). The second-order valence-electron chi connectivity index (χ2n) is 5.65. The molecule has 0 spiro atoms. The minimum Gasteiger partial charge on any atom is -0.497 e. The molecule has 1 amide bonds. The number of benzene rings is 2. The van der Waals surface area contributed by atoms with Crippen molar-refractivity contribution in [2.45, 2.75) is 19.4 Å². The maximum absolute atomic E-state index is 12.7. The van der Waals surface area contributed by atoms with Gasteiger partial charge < -0.3 is 24.3 Å². The Balaban J connectivity index is 2.26. The summed E-state index contributed by atoms with van der Waals surface area (Å²) in [4.78, 5) is 12.7. The number of rotatable bonds is 8. The van der Waals surface area contributed by atoms with E-state index in [4.69, 9.17) is 18.9 Å². The number of methoxy groups -OCH3 is 4. The molecule has 26 heavy (non-hydrogen) atoms. The van der Waals surface area contributed by atoms with Crippen molar-refractivity contribution < 1.29 is 23.7 Å². The summed E-state index contributed by atoms with van der Waals surface area (Å²) in [6.07, 6.45) is 0.725. The number of hydrogen-bond donors (Lipinski definition) is 1. The molecule has 6 nitrogen and oxygen atoms in total. The lowest BCUT2D eigenvalue weighted by molar-refractivity contribution is 0.0934. The highest BCUT2D eigenvalue weighted by molar-refractivity contribution is 5.95. The zero-order chi connectivity index (χ0) is 19.1. The molecule has 2 aromatic rings. The van der Waals surface area contributed by atoms with Crippen molar-refractivity contribution in [2.75, 3.05) is 28.4 Å². The van der Waals surface area contributed by atoms with Crippen LogP contribution in [0.1, 0.15) is 35.3 Å². The molecule has 0 aliphatic carbocycles. The fourth-order valence-electron chi connectivity index (χ4n) is 2.67. The summed E-state index contributed by atoms with van der Waals surface area (Å²) in [6, 6.07) is 10.5. The third kappa shape index (κ3) is 4.39. The van der Waals surface area contributed by atoms with Crippen molar-refractivity contribution in [3.8, 4) is 23.0 Å². The summed E-state index contributed by atoms with van der Waals surface area (Å²) in [5.74, 6) is 2.20. The van der Waals surface area contributed by atoms with E-state index >= 15 is 0 Å². The lowest BCUT2D eigenvalue weighted by Crippen LogP contribution is -2.28. The Kier molecular flexibility index (Phi) is 6.72. The summed E-state index contributed by atoms with van der Waals surface area (Å²) in [5, 5.41) is 3.04.